The van der Waals surface area contributed by atoms with E-state index in [9.17, 15) is 4.79 Å². The molecule has 1 amide bonds. The number of carbonyl (C=O) groups excluding carboxylic acids is 1. The van der Waals surface area contributed by atoms with Crippen LogP contribution in [-0.4, -0.2) is 40.9 Å². The third-order valence-corrected chi connectivity index (χ3v) is 1.94. The van der Waals surface area contributed by atoms with Crippen LogP contribution in [0.5, 0.6) is 0 Å². The summed E-state index contributed by atoms with van der Waals surface area (Å²) in [5.74, 6) is 0.0527. The maximum absolute atomic E-state index is 11.8. The molecule has 0 aliphatic carbocycles. The van der Waals surface area contributed by atoms with Gasteiger partial charge in [0.05, 0.1) is 24.5 Å². The first kappa shape index (κ1) is 12.4. The van der Waals surface area contributed by atoms with Crippen molar-refractivity contribution in [3.8, 4) is 12.1 Å². The van der Waals surface area contributed by atoms with Crippen LogP contribution < -0.4 is 5.32 Å². The van der Waals surface area contributed by atoms with Crippen LogP contribution in [0.3, 0.4) is 0 Å². The lowest BCUT2D eigenvalue weighted by Crippen LogP contribution is -2.32. The molecule has 1 aromatic rings. The van der Waals surface area contributed by atoms with Crippen molar-refractivity contribution < 1.29 is 4.79 Å². The molecule has 0 bridgehead atoms. The average Bonchev–Trinajstić information content (AvgIpc) is 2.38. The minimum atomic E-state index is -0.483. The average molecular weight is 230 g/mol. The number of nitriles is 2. The predicted molar refractivity (Wildman–Crippen MR) is 58.7 cm³/mol. The second-order valence-corrected chi connectivity index (χ2v) is 3.01. The molecule has 0 unspecified atom stereocenters. The Morgan fingerprint density at radius 2 is 2.00 bits per heavy atom. The van der Waals surface area contributed by atoms with Gasteiger partial charge in [0.25, 0.3) is 5.91 Å². The molecule has 1 N–H and O–H groups in total. The van der Waals surface area contributed by atoms with Gasteiger partial charge in [-0.15, -0.1) is 0 Å². The molecule has 0 fully saturated rings. The Kier molecular flexibility index (Phi) is 4.40. The lowest BCUT2D eigenvalue weighted by Gasteiger charge is -2.14. The van der Waals surface area contributed by atoms with Crippen LogP contribution in [0.4, 0.5) is 5.82 Å². The Hall–Kier alpha value is -2.67. The number of carbonyl (C=O) groups is 1. The zero-order valence-corrected chi connectivity index (χ0v) is 9.21. The lowest BCUT2D eigenvalue weighted by atomic mass is 10.3. The monoisotopic (exact) mass is 230 g/mol. The summed E-state index contributed by atoms with van der Waals surface area (Å²) in [6, 6.07) is 3.64. The Balaban J connectivity index is 2.86. The van der Waals surface area contributed by atoms with Gasteiger partial charge in [-0.2, -0.15) is 10.5 Å². The van der Waals surface area contributed by atoms with Crippen LogP contribution in [0.15, 0.2) is 12.4 Å². The van der Waals surface area contributed by atoms with Gasteiger partial charge in [-0.25, -0.2) is 9.97 Å². The minimum absolute atomic E-state index is 0.106. The van der Waals surface area contributed by atoms with E-state index in [4.69, 9.17) is 10.5 Å². The van der Waals surface area contributed by atoms with E-state index in [0.29, 0.717) is 5.82 Å². The number of hydrogen-bond acceptors (Lipinski definition) is 6. The smallest absolute Gasteiger partial charge is 0.275 e. The Morgan fingerprint density at radius 3 is 2.41 bits per heavy atom. The molecule has 17 heavy (non-hydrogen) atoms. The maximum Gasteiger partial charge on any atom is 0.275 e. The number of rotatable bonds is 4. The molecular weight excluding hydrogens is 220 g/mol. The highest BCUT2D eigenvalue weighted by Crippen LogP contribution is 2.03. The second-order valence-electron chi connectivity index (χ2n) is 3.01. The zero-order chi connectivity index (χ0) is 12.7. The van der Waals surface area contributed by atoms with Crippen molar-refractivity contribution in [1.82, 2.24) is 14.9 Å². The van der Waals surface area contributed by atoms with Gasteiger partial charge in [0.2, 0.25) is 0 Å². The molecule has 0 spiro atoms. The third kappa shape index (κ3) is 3.14. The van der Waals surface area contributed by atoms with Gasteiger partial charge in [-0.3, -0.25) is 4.79 Å². The van der Waals surface area contributed by atoms with Crippen LogP contribution in [0, 0.1) is 22.7 Å². The number of hydrogen-bond donors (Lipinski definition) is 1. The molecular formula is C10H10N6O. The van der Waals surface area contributed by atoms with Gasteiger partial charge in [0.1, 0.15) is 24.6 Å². The van der Waals surface area contributed by atoms with E-state index in [1.165, 1.54) is 12.4 Å². The van der Waals surface area contributed by atoms with E-state index >= 15 is 0 Å². The summed E-state index contributed by atoms with van der Waals surface area (Å²) in [4.78, 5) is 20.8. The molecule has 0 aliphatic rings. The molecule has 0 atom stereocenters. The zero-order valence-electron chi connectivity index (χ0n) is 9.21. The Bertz CT molecular complexity index is 453. The second kappa shape index (κ2) is 6.03. The van der Waals surface area contributed by atoms with Crippen molar-refractivity contribution in [3.63, 3.8) is 0 Å². The van der Waals surface area contributed by atoms with Crippen molar-refractivity contribution in [2.45, 2.75) is 0 Å². The highest BCUT2D eigenvalue weighted by molar-refractivity contribution is 5.92. The fraction of sp³-hybridized carbons (Fsp3) is 0.300. The van der Waals surface area contributed by atoms with E-state index in [1.807, 2.05) is 12.1 Å². The maximum atomic E-state index is 11.8. The van der Waals surface area contributed by atoms with Crippen molar-refractivity contribution in [3.05, 3.63) is 18.1 Å². The van der Waals surface area contributed by atoms with Crippen LogP contribution in [0.25, 0.3) is 0 Å². The van der Waals surface area contributed by atoms with E-state index in [2.05, 4.69) is 15.3 Å². The normalized spacial score (nSPS) is 8.88. The number of nitrogens with one attached hydrogen (secondary N) is 1. The van der Waals surface area contributed by atoms with Crippen LogP contribution in [0.1, 0.15) is 10.5 Å². The van der Waals surface area contributed by atoms with Crippen molar-refractivity contribution in [2.24, 2.45) is 0 Å². The summed E-state index contributed by atoms with van der Waals surface area (Å²) in [6.45, 7) is -0.302. The molecule has 0 aromatic carbocycles. The van der Waals surface area contributed by atoms with Crippen molar-refractivity contribution >= 4 is 11.7 Å². The van der Waals surface area contributed by atoms with Gasteiger partial charge in [0, 0.05) is 7.05 Å². The van der Waals surface area contributed by atoms with E-state index < -0.39 is 5.91 Å². The van der Waals surface area contributed by atoms with E-state index in [0.717, 1.165) is 4.90 Å². The first-order chi connectivity index (χ1) is 8.22. The fourth-order valence-electron chi connectivity index (χ4n) is 1.10. The standard InChI is InChI=1S/C10H10N6O/c1-13-9-7-14-8(6-15-9)10(17)16(4-2-11)5-3-12/h6-7H,4-5H2,1H3,(H,13,15). The number of nitrogens with zero attached hydrogens (tertiary/aromatic N) is 5. The predicted octanol–water partition coefficient (Wildman–Crippen LogP) is 0.00766. The molecule has 1 aromatic heterocycles. The summed E-state index contributed by atoms with van der Waals surface area (Å²) in [5.41, 5.74) is 0.106. The van der Waals surface area contributed by atoms with E-state index in [-0.39, 0.29) is 18.8 Å². The molecule has 0 saturated heterocycles. The van der Waals surface area contributed by atoms with Crippen LogP contribution >= 0.6 is 0 Å². The molecule has 0 radical (unpaired) electrons. The summed E-state index contributed by atoms with van der Waals surface area (Å²) in [7, 11) is 1.68. The Labute approximate surface area is 98.3 Å². The summed E-state index contributed by atoms with van der Waals surface area (Å²) in [5, 5.41) is 19.9. The number of aromatic nitrogens is 2. The SMILES string of the molecule is CNc1cnc(C(=O)N(CC#N)CC#N)cn1. The molecule has 86 valence electrons. The highest BCUT2D eigenvalue weighted by Gasteiger charge is 2.16. The summed E-state index contributed by atoms with van der Waals surface area (Å²) >= 11 is 0. The fourth-order valence-corrected chi connectivity index (χ4v) is 1.10. The van der Waals surface area contributed by atoms with Crippen LogP contribution in [-0.2, 0) is 0 Å². The first-order valence-electron chi connectivity index (χ1n) is 4.76. The molecule has 7 nitrogen and oxygen atoms in total. The first-order valence-corrected chi connectivity index (χ1v) is 4.76. The van der Waals surface area contributed by atoms with E-state index in [1.54, 1.807) is 7.05 Å². The van der Waals surface area contributed by atoms with Gasteiger partial charge in [-0.1, -0.05) is 0 Å². The minimum Gasteiger partial charge on any atom is -0.372 e. The summed E-state index contributed by atoms with van der Waals surface area (Å²) in [6.07, 6.45) is 2.71. The van der Waals surface area contributed by atoms with Gasteiger partial charge >= 0.3 is 0 Å². The van der Waals surface area contributed by atoms with Crippen molar-refractivity contribution in [1.29, 1.82) is 10.5 Å². The van der Waals surface area contributed by atoms with Gasteiger partial charge in [0.15, 0.2) is 0 Å². The highest BCUT2D eigenvalue weighted by atomic mass is 16.2. The Morgan fingerprint density at radius 1 is 1.35 bits per heavy atom. The topological polar surface area (TPSA) is 106 Å². The lowest BCUT2D eigenvalue weighted by molar-refractivity contribution is 0.0788. The summed E-state index contributed by atoms with van der Waals surface area (Å²) < 4.78 is 0. The molecule has 0 aliphatic heterocycles. The van der Waals surface area contributed by atoms with Crippen LogP contribution in [0.2, 0.25) is 0 Å². The largest absolute Gasteiger partial charge is 0.372 e. The molecule has 0 saturated carbocycles. The number of amides is 1. The third-order valence-electron chi connectivity index (χ3n) is 1.94. The quantitative estimate of drug-likeness (QED) is 0.730. The number of anilines is 1. The van der Waals surface area contributed by atoms with Gasteiger partial charge < -0.3 is 10.2 Å². The molecule has 7 heteroatoms. The van der Waals surface area contributed by atoms with Gasteiger partial charge in [-0.05, 0) is 0 Å². The molecule has 1 heterocycles. The van der Waals surface area contributed by atoms with Crippen molar-refractivity contribution in [2.75, 3.05) is 25.5 Å². The molecule has 1 rings (SSSR count).